The zero-order chi connectivity index (χ0) is 16.4. The Morgan fingerprint density at radius 3 is 2.59 bits per heavy atom. The van der Waals surface area contributed by atoms with Crippen molar-refractivity contribution in [3.63, 3.8) is 0 Å². The molecule has 1 fully saturated rings. The van der Waals surface area contributed by atoms with E-state index in [0.29, 0.717) is 12.8 Å². The van der Waals surface area contributed by atoms with Crippen LogP contribution in [0.2, 0.25) is 5.02 Å². The lowest BCUT2D eigenvalue weighted by atomic mass is 10.0. The Hall–Kier alpha value is -1.15. The molecule has 1 aromatic carbocycles. The fourth-order valence-electron chi connectivity index (χ4n) is 2.74. The van der Waals surface area contributed by atoms with Crippen LogP contribution >= 0.6 is 11.6 Å². The maximum atomic E-state index is 12.7. The summed E-state index contributed by atoms with van der Waals surface area (Å²) in [5, 5.41) is 0.223. The molecule has 0 unspecified atom stereocenters. The molecule has 3 N–H and O–H groups in total. The molecule has 8 heteroatoms. The molecule has 22 heavy (non-hydrogen) atoms. The zero-order valence-electron chi connectivity index (χ0n) is 12.3. The first-order chi connectivity index (χ1) is 10.3. The van der Waals surface area contributed by atoms with E-state index in [1.54, 1.807) is 0 Å². The number of carbonyl (C=O) groups is 1. The van der Waals surface area contributed by atoms with Crippen LogP contribution in [-0.4, -0.2) is 33.6 Å². The van der Waals surface area contributed by atoms with Crippen LogP contribution in [0.25, 0.3) is 0 Å². The molecule has 0 amide bonds. The summed E-state index contributed by atoms with van der Waals surface area (Å²) >= 11 is 5.89. The molecule has 1 saturated carbocycles. The van der Waals surface area contributed by atoms with Gasteiger partial charge >= 0.3 is 5.97 Å². The molecule has 0 heterocycles. The van der Waals surface area contributed by atoms with Crippen molar-refractivity contribution in [2.45, 2.75) is 36.1 Å². The van der Waals surface area contributed by atoms with Gasteiger partial charge in [0.05, 0.1) is 17.6 Å². The van der Waals surface area contributed by atoms with Gasteiger partial charge in [0.2, 0.25) is 10.0 Å². The highest BCUT2D eigenvalue weighted by atomic mass is 35.5. The molecule has 0 bridgehead atoms. The molecular formula is C14H19ClN2O4S. The molecule has 1 aliphatic carbocycles. The summed E-state index contributed by atoms with van der Waals surface area (Å²) < 4.78 is 32.7. The number of halogens is 1. The van der Waals surface area contributed by atoms with Gasteiger partial charge < -0.3 is 10.5 Å². The van der Waals surface area contributed by atoms with E-state index >= 15 is 0 Å². The van der Waals surface area contributed by atoms with E-state index in [9.17, 15) is 13.2 Å². The zero-order valence-corrected chi connectivity index (χ0v) is 13.8. The molecule has 122 valence electrons. The van der Waals surface area contributed by atoms with Gasteiger partial charge in [0.15, 0.2) is 0 Å². The lowest BCUT2D eigenvalue weighted by molar-refractivity contribution is 0.0596. The van der Waals surface area contributed by atoms with Gasteiger partial charge in [-0.1, -0.05) is 24.4 Å². The average Bonchev–Trinajstić information content (AvgIpc) is 2.94. The van der Waals surface area contributed by atoms with Crippen molar-refractivity contribution in [2.24, 2.45) is 5.73 Å². The minimum Gasteiger partial charge on any atom is -0.465 e. The van der Waals surface area contributed by atoms with E-state index < -0.39 is 21.5 Å². The summed E-state index contributed by atoms with van der Waals surface area (Å²) in [6, 6.07) is 4.03. The third kappa shape index (κ3) is 3.43. The summed E-state index contributed by atoms with van der Waals surface area (Å²) in [6.07, 6.45) is 3.19. The molecule has 0 atom stereocenters. The fourth-order valence-corrected chi connectivity index (χ4v) is 4.66. The molecule has 0 radical (unpaired) electrons. The van der Waals surface area contributed by atoms with Gasteiger partial charge in [0, 0.05) is 17.1 Å². The molecule has 1 aromatic rings. The molecule has 0 aliphatic heterocycles. The van der Waals surface area contributed by atoms with Crippen molar-refractivity contribution in [1.29, 1.82) is 0 Å². The van der Waals surface area contributed by atoms with Gasteiger partial charge in [-0.25, -0.2) is 17.9 Å². The van der Waals surface area contributed by atoms with Crippen LogP contribution in [0.1, 0.15) is 36.0 Å². The lowest BCUT2D eigenvalue weighted by Crippen LogP contribution is -2.51. The third-order valence-corrected chi connectivity index (χ3v) is 5.79. The molecule has 0 saturated heterocycles. The number of hydrogen-bond acceptors (Lipinski definition) is 5. The summed E-state index contributed by atoms with van der Waals surface area (Å²) in [5.74, 6) is -0.731. The smallest absolute Gasteiger partial charge is 0.339 e. The predicted octanol–water partition coefficient (Wildman–Crippen LogP) is 1.68. The van der Waals surface area contributed by atoms with Crippen molar-refractivity contribution >= 4 is 27.6 Å². The number of esters is 1. The second-order valence-corrected chi connectivity index (χ2v) is 7.52. The van der Waals surface area contributed by atoms with Crippen molar-refractivity contribution in [3.8, 4) is 0 Å². The SMILES string of the molecule is COC(=O)c1ccc(Cl)cc1S(=O)(=O)NC1(CN)CCCC1. The van der Waals surface area contributed by atoms with E-state index in [1.165, 1.54) is 25.3 Å². The van der Waals surface area contributed by atoms with Crippen molar-refractivity contribution in [3.05, 3.63) is 28.8 Å². The van der Waals surface area contributed by atoms with Gasteiger partial charge in [-0.15, -0.1) is 0 Å². The number of nitrogens with one attached hydrogen (secondary N) is 1. The molecule has 1 aliphatic rings. The molecular weight excluding hydrogens is 328 g/mol. The normalized spacial score (nSPS) is 17.4. The Morgan fingerprint density at radius 1 is 1.41 bits per heavy atom. The molecule has 2 rings (SSSR count). The van der Waals surface area contributed by atoms with E-state index in [1.807, 2.05) is 0 Å². The van der Waals surface area contributed by atoms with E-state index in [4.69, 9.17) is 17.3 Å². The van der Waals surface area contributed by atoms with E-state index in [2.05, 4.69) is 9.46 Å². The lowest BCUT2D eigenvalue weighted by Gasteiger charge is -2.28. The fraction of sp³-hybridized carbons (Fsp3) is 0.500. The number of benzene rings is 1. The Morgan fingerprint density at radius 2 is 2.05 bits per heavy atom. The predicted molar refractivity (Wildman–Crippen MR) is 83.4 cm³/mol. The summed E-state index contributed by atoms with van der Waals surface area (Å²) in [5.41, 5.74) is 5.05. The molecule has 6 nitrogen and oxygen atoms in total. The molecule has 0 spiro atoms. The first-order valence-corrected chi connectivity index (χ1v) is 8.82. The van der Waals surface area contributed by atoms with Crippen LogP contribution in [0.15, 0.2) is 23.1 Å². The number of ether oxygens (including phenoxy) is 1. The number of rotatable bonds is 5. The largest absolute Gasteiger partial charge is 0.465 e. The van der Waals surface area contributed by atoms with Crippen LogP contribution < -0.4 is 10.5 Å². The maximum absolute atomic E-state index is 12.7. The summed E-state index contributed by atoms with van der Waals surface area (Å²) in [7, 11) is -2.74. The number of methoxy groups -OCH3 is 1. The first-order valence-electron chi connectivity index (χ1n) is 6.95. The molecule has 0 aromatic heterocycles. The van der Waals surface area contributed by atoms with Gasteiger partial charge in [0.1, 0.15) is 0 Å². The standard InChI is InChI=1S/C14H19ClN2O4S/c1-21-13(18)11-5-4-10(15)8-12(11)22(19,20)17-14(9-16)6-2-3-7-14/h4-5,8,17H,2-3,6-7,9,16H2,1H3. The minimum atomic E-state index is -3.94. The highest BCUT2D eigenvalue weighted by Crippen LogP contribution is 2.31. The quantitative estimate of drug-likeness (QED) is 0.790. The van der Waals surface area contributed by atoms with Crippen LogP contribution in [0.4, 0.5) is 0 Å². The average molecular weight is 347 g/mol. The second-order valence-electron chi connectivity index (χ2n) is 5.43. The highest BCUT2D eigenvalue weighted by molar-refractivity contribution is 7.89. The van der Waals surface area contributed by atoms with Crippen LogP contribution in [0.5, 0.6) is 0 Å². The topological polar surface area (TPSA) is 98.5 Å². The van der Waals surface area contributed by atoms with Crippen LogP contribution in [0.3, 0.4) is 0 Å². The second kappa shape index (κ2) is 6.54. The maximum Gasteiger partial charge on any atom is 0.339 e. The van der Waals surface area contributed by atoms with E-state index in [-0.39, 0.29) is 22.0 Å². The van der Waals surface area contributed by atoms with Crippen molar-refractivity contribution in [2.75, 3.05) is 13.7 Å². The summed E-state index contributed by atoms with van der Waals surface area (Å²) in [6.45, 7) is 0.209. The Labute approximate surface area is 135 Å². The van der Waals surface area contributed by atoms with Gasteiger partial charge in [-0.2, -0.15) is 0 Å². The number of carbonyl (C=O) groups excluding carboxylic acids is 1. The van der Waals surface area contributed by atoms with Crippen LogP contribution in [0, 0.1) is 0 Å². The Kier molecular flexibility index (Phi) is 5.11. The Bertz CT molecular complexity index is 669. The number of sulfonamides is 1. The minimum absolute atomic E-state index is 0.0513. The number of nitrogens with two attached hydrogens (primary N) is 1. The first kappa shape index (κ1) is 17.2. The summed E-state index contributed by atoms with van der Waals surface area (Å²) in [4.78, 5) is 11.6. The van der Waals surface area contributed by atoms with Gasteiger partial charge in [-0.3, -0.25) is 0 Å². The van der Waals surface area contributed by atoms with Crippen molar-refractivity contribution in [1.82, 2.24) is 4.72 Å². The highest BCUT2D eigenvalue weighted by Gasteiger charge is 2.38. The van der Waals surface area contributed by atoms with Gasteiger partial charge in [0.25, 0.3) is 0 Å². The van der Waals surface area contributed by atoms with E-state index in [0.717, 1.165) is 12.8 Å². The Balaban J connectivity index is 2.45. The third-order valence-electron chi connectivity index (χ3n) is 3.94. The monoisotopic (exact) mass is 346 g/mol. The number of hydrogen-bond donors (Lipinski definition) is 2. The van der Waals surface area contributed by atoms with Gasteiger partial charge in [-0.05, 0) is 31.0 Å². The van der Waals surface area contributed by atoms with Crippen LogP contribution in [-0.2, 0) is 14.8 Å². The van der Waals surface area contributed by atoms with Crippen molar-refractivity contribution < 1.29 is 17.9 Å².